The van der Waals surface area contributed by atoms with Crippen LogP contribution in [0.3, 0.4) is 0 Å². The number of carbonyl (C=O) groups is 1. The second-order valence-electron chi connectivity index (χ2n) is 4.72. The van der Waals surface area contributed by atoms with E-state index in [1.165, 1.54) is 0 Å². The van der Waals surface area contributed by atoms with Gasteiger partial charge in [0.2, 0.25) is 5.91 Å². The normalized spacial score (nSPS) is 13.0. The lowest BCUT2D eigenvalue weighted by molar-refractivity contribution is -0.122. The maximum atomic E-state index is 11.7. The molecule has 1 unspecified atom stereocenters. The molecule has 118 valence electrons. The Morgan fingerprint density at radius 2 is 1.95 bits per heavy atom. The molecule has 1 aromatic carbocycles. The van der Waals surface area contributed by atoms with Gasteiger partial charge in [-0.2, -0.15) is 0 Å². The molecule has 1 heterocycles. The lowest BCUT2D eigenvalue weighted by atomic mass is 10.2. The minimum atomic E-state index is -0.512. The van der Waals surface area contributed by atoms with Gasteiger partial charge >= 0.3 is 0 Å². The van der Waals surface area contributed by atoms with Crippen molar-refractivity contribution in [2.24, 2.45) is 5.73 Å². The number of para-hydroxylation sites is 2. The summed E-state index contributed by atoms with van der Waals surface area (Å²) in [6, 6.07) is 7.29. The number of halogens is 2. The molecule has 21 heavy (non-hydrogen) atoms. The molecule has 0 aliphatic carbocycles. The van der Waals surface area contributed by atoms with Crippen molar-refractivity contribution in [2.45, 2.75) is 39.4 Å². The van der Waals surface area contributed by atoms with E-state index < -0.39 is 6.04 Å². The molecule has 0 bridgehead atoms. The molecule has 1 aromatic heterocycles. The van der Waals surface area contributed by atoms with Gasteiger partial charge in [-0.25, -0.2) is 4.98 Å². The summed E-state index contributed by atoms with van der Waals surface area (Å²) in [7, 11) is 0. The summed E-state index contributed by atoms with van der Waals surface area (Å²) in [5, 5.41) is 2.88. The summed E-state index contributed by atoms with van der Waals surface area (Å²) >= 11 is 0. The van der Waals surface area contributed by atoms with Crippen molar-refractivity contribution in [1.29, 1.82) is 0 Å². The van der Waals surface area contributed by atoms with E-state index in [9.17, 15) is 4.79 Å². The van der Waals surface area contributed by atoms with Crippen LogP contribution in [0.25, 0.3) is 11.0 Å². The number of hydrogen-bond acceptors (Lipinski definition) is 3. The van der Waals surface area contributed by atoms with E-state index in [2.05, 4.69) is 21.8 Å². The molecular weight excluding hydrogens is 311 g/mol. The molecule has 0 aliphatic heterocycles. The zero-order valence-electron chi connectivity index (χ0n) is 12.4. The lowest BCUT2D eigenvalue weighted by Gasteiger charge is -2.16. The van der Waals surface area contributed by atoms with Crippen LogP contribution >= 0.6 is 24.8 Å². The molecule has 2 aromatic rings. The third kappa shape index (κ3) is 4.09. The van der Waals surface area contributed by atoms with Crippen LogP contribution in [0.2, 0.25) is 0 Å². The van der Waals surface area contributed by atoms with Gasteiger partial charge in [0.25, 0.3) is 0 Å². The largest absolute Gasteiger partial charge is 0.345 e. The Morgan fingerprint density at radius 3 is 2.52 bits per heavy atom. The van der Waals surface area contributed by atoms with Gasteiger partial charge in [-0.3, -0.25) is 4.79 Å². The molecule has 3 N–H and O–H groups in total. The number of rotatable bonds is 4. The first-order valence-electron chi connectivity index (χ1n) is 6.55. The molecule has 1 amide bonds. The molecule has 5 nitrogen and oxygen atoms in total. The second kappa shape index (κ2) is 8.22. The summed E-state index contributed by atoms with van der Waals surface area (Å²) in [5.41, 5.74) is 7.60. The highest BCUT2D eigenvalue weighted by atomic mass is 35.5. The molecule has 0 aliphatic rings. The Balaban J connectivity index is 0.00000200. The first-order chi connectivity index (χ1) is 9.04. The maximum Gasteiger partial charge on any atom is 0.237 e. The summed E-state index contributed by atoms with van der Waals surface area (Å²) in [4.78, 5) is 16.3. The number of amides is 1. The van der Waals surface area contributed by atoms with Gasteiger partial charge in [0.1, 0.15) is 5.82 Å². The molecule has 0 saturated heterocycles. The topological polar surface area (TPSA) is 72.9 Å². The molecule has 7 heteroatoms. The van der Waals surface area contributed by atoms with E-state index in [1.54, 1.807) is 6.92 Å². The zero-order valence-corrected chi connectivity index (χ0v) is 14.0. The van der Waals surface area contributed by atoms with E-state index in [0.29, 0.717) is 0 Å². The number of benzene rings is 1. The Kier molecular flexibility index (Phi) is 7.71. The average Bonchev–Trinajstić information content (AvgIpc) is 2.76. The smallest absolute Gasteiger partial charge is 0.237 e. The van der Waals surface area contributed by atoms with Crippen LogP contribution in [0.15, 0.2) is 24.3 Å². The fourth-order valence-corrected chi connectivity index (χ4v) is 2.17. The van der Waals surface area contributed by atoms with Crippen LogP contribution in [0.5, 0.6) is 0 Å². The fourth-order valence-electron chi connectivity index (χ4n) is 2.17. The molecule has 2 rings (SSSR count). The second-order valence-corrected chi connectivity index (χ2v) is 4.72. The van der Waals surface area contributed by atoms with E-state index in [1.807, 2.05) is 31.2 Å². The Morgan fingerprint density at radius 1 is 1.33 bits per heavy atom. The number of carbonyl (C=O) groups excluding carboxylic acids is 1. The van der Waals surface area contributed by atoms with Gasteiger partial charge in [-0.1, -0.05) is 12.1 Å². The van der Waals surface area contributed by atoms with Crippen LogP contribution in [0.4, 0.5) is 0 Å². The van der Waals surface area contributed by atoms with Crippen molar-refractivity contribution in [3.05, 3.63) is 30.1 Å². The van der Waals surface area contributed by atoms with Crippen molar-refractivity contribution in [3.8, 4) is 0 Å². The number of nitrogens with one attached hydrogen (secondary N) is 1. The number of nitrogens with two attached hydrogens (primary N) is 1. The third-order valence-electron chi connectivity index (χ3n) is 3.16. The van der Waals surface area contributed by atoms with Crippen LogP contribution < -0.4 is 11.1 Å². The van der Waals surface area contributed by atoms with E-state index in [4.69, 9.17) is 5.73 Å². The minimum Gasteiger partial charge on any atom is -0.345 e. The minimum absolute atomic E-state index is 0. The molecule has 2 atom stereocenters. The number of aryl methyl sites for hydroxylation is 1. The van der Waals surface area contributed by atoms with Crippen molar-refractivity contribution >= 4 is 41.8 Å². The molecule has 0 radical (unpaired) electrons. The highest BCUT2D eigenvalue weighted by Gasteiger charge is 2.18. The zero-order chi connectivity index (χ0) is 14.0. The number of aromatic nitrogens is 2. The van der Waals surface area contributed by atoms with Gasteiger partial charge in [0.05, 0.1) is 23.1 Å². The Bertz CT molecular complexity index is 598. The van der Waals surface area contributed by atoms with Gasteiger partial charge < -0.3 is 15.6 Å². The lowest BCUT2D eigenvalue weighted by Crippen LogP contribution is -2.40. The maximum absolute atomic E-state index is 11.7. The molecular formula is C14H22Cl2N4O. The van der Waals surface area contributed by atoms with Gasteiger partial charge in [-0.05, 0) is 32.9 Å². The third-order valence-corrected chi connectivity index (χ3v) is 3.16. The summed E-state index contributed by atoms with van der Waals surface area (Å²) in [6.45, 7) is 6.48. The predicted molar refractivity (Wildman–Crippen MR) is 90.1 cm³/mol. The molecule has 0 spiro atoms. The molecule has 0 saturated carbocycles. The Labute approximate surface area is 137 Å². The monoisotopic (exact) mass is 332 g/mol. The van der Waals surface area contributed by atoms with Crippen molar-refractivity contribution in [3.63, 3.8) is 0 Å². The van der Waals surface area contributed by atoms with E-state index in [0.717, 1.165) is 23.4 Å². The van der Waals surface area contributed by atoms with Gasteiger partial charge in [0, 0.05) is 6.54 Å². The summed E-state index contributed by atoms with van der Waals surface area (Å²) < 4.78 is 2.11. The first kappa shape index (κ1) is 19.7. The van der Waals surface area contributed by atoms with E-state index >= 15 is 0 Å². The average molecular weight is 333 g/mol. The predicted octanol–water partition coefficient (Wildman–Crippen LogP) is 2.42. The van der Waals surface area contributed by atoms with Gasteiger partial charge in [0.15, 0.2) is 0 Å². The summed E-state index contributed by atoms with van der Waals surface area (Å²) in [5.74, 6) is 0.694. The molecule has 0 fully saturated rings. The van der Waals surface area contributed by atoms with Crippen LogP contribution in [-0.2, 0) is 11.3 Å². The standard InChI is InChI=1S/C14H20N4O.2ClH/c1-4-18-12-8-6-5-7-11(12)17-13(18)10(3)16-14(19)9(2)15;;/h5-10H,4,15H2,1-3H3,(H,16,19);2*1H/t9-,10?;;/m1../s1. The van der Waals surface area contributed by atoms with E-state index in [-0.39, 0.29) is 36.8 Å². The number of nitrogens with zero attached hydrogens (tertiary/aromatic N) is 2. The first-order valence-corrected chi connectivity index (χ1v) is 6.55. The Hall–Kier alpha value is -1.30. The van der Waals surface area contributed by atoms with Crippen molar-refractivity contribution in [1.82, 2.24) is 14.9 Å². The quantitative estimate of drug-likeness (QED) is 0.902. The summed E-state index contributed by atoms with van der Waals surface area (Å²) in [6.07, 6.45) is 0. The van der Waals surface area contributed by atoms with Crippen LogP contribution in [0.1, 0.15) is 32.6 Å². The van der Waals surface area contributed by atoms with Crippen molar-refractivity contribution < 1.29 is 4.79 Å². The number of imidazole rings is 1. The SMILES string of the molecule is CCn1c(C(C)NC(=O)[C@@H](C)N)nc2ccccc21.Cl.Cl. The number of hydrogen-bond donors (Lipinski definition) is 2. The highest BCUT2D eigenvalue weighted by Crippen LogP contribution is 2.20. The number of fused-ring (bicyclic) bond motifs is 1. The van der Waals surface area contributed by atoms with Gasteiger partial charge in [-0.15, -0.1) is 24.8 Å². The highest BCUT2D eigenvalue weighted by molar-refractivity contribution is 5.85. The fraction of sp³-hybridized carbons (Fsp3) is 0.429. The van der Waals surface area contributed by atoms with Crippen LogP contribution in [0, 0.1) is 0 Å². The van der Waals surface area contributed by atoms with Crippen molar-refractivity contribution in [2.75, 3.05) is 0 Å². The van der Waals surface area contributed by atoms with Crippen LogP contribution in [-0.4, -0.2) is 21.5 Å².